The minimum Gasteiger partial charge on any atom is -0.390 e. The van der Waals surface area contributed by atoms with Gasteiger partial charge in [-0.3, -0.25) is 4.79 Å². The van der Waals surface area contributed by atoms with E-state index >= 15 is 0 Å². The molecule has 0 aromatic rings. The van der Waals surface area contributed by atoms with E-state index in [0.717, 1.165) is 0 Å². The fourth-order valence-corrected chi connectivity index (χ4v) is 1.69. The van der Waals surface area contributed by atoms with Gasteiger partial charge in [0.15, 0.2) is 0 Å². The van der Waals surface area contributed by atoms with E-state index in [1.54, 1.807) is 7.05 Å². The quantitative estimate of drug-likeness (QED) is 0.698. The summed E-state index contributed by atoms with van der Waals surface area (Å²) in [7, 11) is 1.79. The molecule has 0 saturated carbocycles. The molecule has 4 heteroatoms. The predicted molar refractivity (Wildman–Crippen MR) is 59.6 cm³/mol. The second-order valence-corrected chi connectivity index (χ2v) is 5.16. The third kappa shape index (κ3) is 2.92. The lowest BCUT2D eigenvalue weighted by Crippen LogP contribution is -2.56. The summed E-state index contributed by atoms with van der Waals surface area (Å²) < 4.78 is 0. The van der Waals surface area contributed by atoms with Crippen molar-refractivity contribution in [1.29, 1.82) is 0 Å². The summed E-state index contributed by atoms with van der Waals surface area (Å²) in [6.45, 7) is 6.89. The fraction of sp³-hybridized carbons (Fsp3) is 0.909. The summed E-state index contributed by atoms with van der Waals surface area (Å²) in [5.41, 5.74) is -1.11. The second-order valence-electron chi connectivity index (χ2n) is 5.16. The molecule has 1 aliphatic heterocycles. The Bertz CT molecular complexity index is 239. The molecule has 2 N–H and O–H groups in total. The van der Waals surface area contributed by atoms with E-state index in [1.807, 2.05) is 25.7 Å². The van der Waals surface area contributed by atoms with Crippen LogP contribution in [0.2, 0.25) is 0 Å². The first kappa shape index (κ1) is 12.5. The van der Waals surface area contributed by atoms with Crippen LogP contribution in [0.3, 0.4) is 0 Å². The number of carbonyl (C=O) groups excluding carboxylic acids is 1. The Morgan fingerprint density at radius 1 is 1.40 bits per heavy atom. The average molecular weight is 214 g/mol. The minimum atomic E-state index is -0.597. The first-order valence-corrected chi connectivity index (χ1v) is 5.49. The number of nitrogens with zero attached hydrogens (tertiary/aromatic N) is 1. The van der Waals surface area contributed by atoms with Crippen LogP contribution >= 0.6 is 0 Å². The maximum absolute atomic E-state index is 12.0. The zero-order chi connectivity index (χ0) is 11.7. The molecule has 1 amide bonds. The van der Waals surface area contributed by atoms with Crippen LogP contribution in [0.25, 0.3) is 0 Å². The molecular formula is C11H22N2O2. The molecule has 1 rings (SSSR count). The standard InChI is InChI=1S/C11H22N2O2/c1-10(2,12-4)9(14)13-7-5-11(3,15)6-8-13/h12,15H,5-8H2,1-4H3. The lowest BCUT2D eigenvalue weighted by molar-refractivity contribution is -0.140. The molecule has 0 spiro atoms. The number of rotatable bonds is 2. The SMILES string of the molecule is CNC(C)(C)C(=O)N1CCC(C)(O)CC1. The average Bonchev–Trinajstić information content (AvgIpc) is 2.17. The molecule has 0 unspecified atom stereocenters. The van der Waals surface area contributed by atoms with Crippen LogP contribution < -0.4 is 5.32 Å². The van der Waals surface area contributed by atoms with Gasteiger partial charge in [0.25, 0.3) is 0 Å². The molecule has 0 aromatic carbocycles. The number of nitrogens with one attached hydrogen (secondary N) is 1. The summed E-state index contributed by atoms with van der Waals surface area (Å²) in [5.74, 6) is 0.112. The number of hydrogen-bond donors (Lipinski definition) is 2. The summed E-state index contributed by atoms with van der Waals surface area (Å²) in [4.78, 5) is 13.9. The lowest BCUT2D eigenvalue weighted by atomic mass is 9.92. The van der Waals surface area contributed by atoms with Gasteiger partial charge < -0.3 is 15.3 Å². The molecular weight excluding hydrogens is 192 g/mol. The van der Waals surface area contributed by atoms with E-state index in [-0.39, 0.29) is 5.91 Å². The topological polar surface area (TPSA) is 52.6 Å². The third-order valence-corrected chi connectivity index (χ3v) is 3.29. The van der Waals surface area contributed by atoms with Crippen molar-refractivity contribution in [3.63, 3.8) is 0 Å². The number of likely N-dealkylation sites (N-methyl/N-ethyl adjacent to an activating group) is 1. The Morgan fingerprint density at radius 2 is 1.87 bits per heavy atom. The highest BCUT2D eigenvalue weighted by molar-refractivity contribution is 5.85. The van der Waals surface area contributed by atoms with Crippen molar-refractivity contribution in [1.82, 2.24) is 10.2 Å². The van der Waals surface area contributed by atoms with Gasteiger partial charge in [-0.1, -0.05) is 0 Å². The van der Waals surface area contributed by atoms with Crippen LogP contribution in [-0.4, -0.2) is 47.2 Å². The Hall–Kier alpha value is -0.610. The number of carbonyl (C=O) groups is 1. The molecule has 1 aliphatic rings. The number of aliphatic hydroxyl groups is 1. The fourth-order valence-electron chi connectivity index (χ4n) is 1.69. The van der Waals surface area contributed by atoms with E-state index in [4.69, 9.17) is 0 Å². The zero-order valence-electron chi connectivity index (χ0n) is 10.1. The molecule has 0 bridgehead atoms. The van der Waals surface area contributed by atoms with Crippen LogP contribution in [0.1, 0.15) is 33.6 Å². The van der Waals surface area contributed by atoms with Crippen LogP contribution in [0.4, 0.5) is 0 Å². The monoisotopic (exact) mass is 214 g/mol. The molecule has 1 saturated heterocycles. The zero-order valence-corrected chi connectivity index (χ0v) is 10.1. The first-order valence-electron chi connectivity index (χ1n) is 5.49. The molecule has 88 valence electrons. The van der Waals surface area contributed by atoms with Crippen LogP contribution in [0.5, 0.6) is 0 Å². The molecule has 0 aliphatic carbocycles. The van der Waals surface area contributed by atoms with Crippen molar-refractivity contribution in [3.8, 4) is 0 Å². The van der Waals surface area contributed by atoms with Crippen LogP contribution in [-0.2, 0) is 4.79 Å². The highest BCUT2D eigenvalue weighted by atomic mass is 16.3. The van der Waals surface area contributed by atoms with Crippen molar-refractivity contribution >= 4 is 5.91 Å². The van der Waals surface area contributed by atoms with Crippen molar-refractivity contribution in [2.24, 2.45) is 0 Å². The van der Waals surface area contributed by atoms with Crippen molar-refractivity contribution in [3.05, 3.63) is 0 Å². The Morgan fingerprint density at radius 3 is 2.27 bits per heavy atom. The predicted octanol–water partition coefficient (Wildman–Crippen LogP) is 0.358. The smallest absolute Gasteiger partial charge is 0.242 e. The van der Waals surface area contributed by atoms with E-state index in [2.05, 4.69) is 5.32 Å². The summed E-state index contributed by atoms with van der Waals surface area (Å²) in [6, 6.07) is 0. The molecule has 1 fully saturated rings. The van der Waals surface area contributed by atoms with Crippen LogP contribution in [0.15, 0.2) is 0 Å². The van der Waals surface area contributed by atoms with E-state index < -0.39 is 11.1 Å². The molecule has 15 heavy (non-hydrogen) atoms. The maximum Gasteiger partial charge on any atom is 0.242 e. The summed E-state index contributed by atoms with van der Waals surface area (Å²) in [5, 5.41) is 12.8. The second kappa shape index (κ2) is 4.10. The van der Waals surface area contributed by atoms with Gasteiger partial charge in [0, 0.05) is 13.1 Å². The van der Waals surface area contributed by atoms with Gasteiger partial charge in [0.1, 0.15) is 0 Å². The van der Waals surface area contributed by atoms with Gasteiger partial charge in [-0.2, -0.15) is 0 Å². The number of hydrogen-bond acceptors (Lipinski definition) is 3. The highest BCUT2D eigenvalue weighted by Gasteiger charge is 2.35. The van der Waals surface area contributed by atoms with Gasteiger partial charge in [-0.25, -0.2) is 0 Å². The first-order chi connectivity index (χ1) is 6.78. The largest absolute Gasteiger partial charge is 0.390 e. The van der Waals surface area contributed by atoms with Crippen molar-refractivity contribution in [2.75, 3.05) is 20.1 Å². The number of amides is 1. The van der Waals surface area contributed by atoms with E-state index in [0.29, 0.717) is 25.9 Å². The molecule has 4 nitrogen and oxygen atoms in total. The Labute approximate surface area is 91.6 Å². The summed E-state index contributed by atoms with van der Waals surface area (Å²) in [6.07, 6.45) is 1.33. The number of piperidine rings is 1. The molecule has 0 atom stereocenters. The van der Waals surface area contributed by atoms with Gasteiger partial charge in [-0.15, -0.1) is 0 Å². The Balaban J connectivity index is 2.58. The third-order valence-electron chi connectivity index (χ3n) is 3.29. The lowest BCUT2D eigenvalue weighted by Gasteiger charge is -2.39. The summed E-state index contributed by atoms with van der Waals surface area (Å²) >= 11 is 0. The van der Waals surface area contributed by atoms with Crippen molar-refractivity contribution < 1.29 is 9.90 Å². The highest BCUT2D eigenvalue weighted by Crippen LogP contribution is 2.22. The van der Waals surface area contributed by atoms with Gasteiger partial charge >= 0.3 is 0 Å². The van der Waals surface area contributed by atoms with E-state index in [1.165, 1.54) is 0 Å². The van der Waals surface area contributed by atoms with Crippen molar-refractivity contribution in [2.45, 2.75) is 44.8 Å². The normalized spacial score (nSPS) is 21.5. The molecule has 0 aromatic heterocycles. The number of likely N-dealkylation sites (tertiary alicyclic amines) is 1. The minimum absolute atomic E-state index is 0.112. The Kier molecular flexibility index (Phi) is 3.41. The van der Waals surface area contributed by atoms with E-state index in [9.17, 15) is 9.90 Å². The molecule has 1 heterocycles. The van der Waals surface area contributed by atoms with Crippen LogP contribution in [0, 0.1) is 0 Å². The maximum atomic E-state index is 12.0. The van der Waals surface area contributed by atoms with Gasteiger partial charge in [0.2, 0.25) is 5.91 Å². The van der Waals surface area contributed by atoms with Gasteiger partial charge in [0.05, 0.1) is 11.1 Å². The molecule has 0 radical (unpaired) electrons. The van der Waals surface area contributed by atoms with Gasteiger partial charge in [-0.05, 0) is 40.7 Å².